The van der Waals surface area contributed by atoms with Crippen molar-refractivity contribution < 1.29 is 14.3 Å². The van der Waals surface area contributed by atoms with E-state index in [1.54, 1.807) is 11.9 Å². The number of hydrogen-bond acceptors (Lipinski definition) is 3. The quantitative estimate of drug-likeness (QED) is 0.432. The van der Waals surface area contributed by atoms with Gasteiger partial charge in [-0.15, -0.1) is 6.58 Å². The van der Waals surface area contributed by atoms with Gasteiger partial charge in [0.1, 0.15) is 6.04 Å². The summed E-state index contributed by atoms with van der Waals surface area (Å²) in [5, 5.41) is 2.66. The van der Waals surface area contributed by atoms with Crippen LogP contribution < -0.4 is 5.32 Å². The van der Waals surface area contributed by atoms with Crippen molar-refractivity contribution in [2.24, 2.45) is 0 Å². The number of esters is 1. The monoisotopic (exact) mass is 240 g/mol. The van der Waals surface area contributed by atoms with Crippen molar-refractivity contribution in [2.75, 3.05) is 20.2 Å². The summed E-state index contributed by atoms with van der Waals surface area (Å²) >= 11 is 0. The van der Waals surface area contributed by atoms with Gasteiger partial charge in [-0.3, -0.25) is 0 Å². The zero-order valence-electron chi connectivity index (χ0n) is 10.3. The molecule has 0 aliphatic carbocycles. The molecule has 5 nitrogen and oxygen atoms in total. The molecule has 0 aromatic carbocycles. The number of nitrogens with zero attached hydrogens (tertiary/aromatic N) is 1. The molecule has 2 amide bonds. The summed E-state index contributed by atoms with van der Waals surface area (Å²) in [6.07, 6.45) is 5.35. The van der Waals surface area contributed by atoms with Crippen LogP contribution in [0.5, 0.6) is 0 Å². The molecular formula is C12H20N2O3. The molecule has 1 fully saturated rings. The molecule has 1 aliphatic heterocycles. The molecule has 0 unspecified atom stereocenters. The van der Waals surface area contributed by atoms with Crippen LogP contribution in [0.1, 0.15) is 25.7 Å². The maximum absolute atomic E-state index is 11.7. The van der Waals surface area contributed by atoms with Crippen LogP contribution in [0.4, 0.5) is 4.79 Å². The molecule has 0 spiro atoms. The molecule has 0 saturated carbocycles. The Hall–Kier alpha value is -1.52. The van der Waals surface area contributed by atoms with Crippen molar-refractivity contribution in [1.82, 2.24) is 10.2 Å². The second-order valence-corrected chi connectivity index (χ2v) is 4.16. The summed E-state index contributed by atoms with van der Waals surface area (Å²) in [4.78, 5) is 24.5. The second kappa shape index (κ2) is 6.93. The normalized spacial score (nSPS) is 18.6. The van der Waals surface area contributed by atoms with E-state index < -0.39 is 6.04 Å². The zero-order chi connectivity index (χ0) is 12.7. The Morgan fingerprint density at radius 3 is 3.00 bits per heavy atom. The van der Waals surface area contributed by atoms with E-state index in [0.29, 0.717) is 19.6 Å². The fourth-order valence-corrected chi connectivity index (χ4v) is 1.63. The van der Waals surface area contributed by atoms with Crippen LogP contribution in [0.2, 0.25) is 0 Å². The Kier molecular flexibility index (Phi) is 5.52. The van der Waals surface area contributed by atoms with E-state index in [-0.39, 0.29) is 12.0 Å². The van der Waals surface area contributed by atoms with Gasteiger partial charge in [0.15, 0.2) is 0 Å². The molecule has 1 heterocycles. The first kappa shape index (κ1) is 13.5. The lowest BCUT2D eigenvalue weighted by molar-refractivity contribution is -0.139. The van der Waals surface area contributed by atoms with Gasteiger partial charge in [-0.25, -0.2) is 9.59 Å². The summed E-state index contributed by atoms with van der Waals surface area (Å²) in [5.74, 6) is -0.335. The Labute approximate surface area is 102 Å². The number of cyclic esters (lactones) is 1. The van der Waals surface area contributed by atoms with Crippen molar-refractivity contribution in [1.29, 1.82) is 0 Å². The molecule has 17 heavy (non-hydrogen) atoms. The minimum atomic E-state index is -0.474. The molecule has 1 rings (SSSR count). The van der Waals surface area contributed by atoms with Crippen LogP contribution in [0.15, 0.2) is 12.7 Å². The standard InChI is InChI=1S/C12H20N2O3/c1-3-4-5-6-8-14(2)12(16)13-10-7-9-17-11(10)15/h3,10H,1,4-9H2,2H3,(H,13,16)/t10-/m0/s1. The van der Waals surface area contributed by atoms with Crippen LogP contribution in [0.25, 0.3) is 0 Å². The minimum absolute atomic E-state index is 0.215. The van der Waals surface area contributed by atoms with Gasteiger partial charge in [-0.05, 0) is 19.3 Å². The highest BCUT2D eigenvalue weighted by molar-refractivity contribution is 5.84. The average molecular weight is 240 g/mol. The van der Waals surface area contributed by atoms with E-state index in [1.807, 2.05) is 6.08 Å². The smallest absolute Gasteiger partial charge is 0.328 e. The first-order chi connectivity index (χ1) is 8.15. The predicted molar refractivity (Wildman–Crippen MR) is 64.6 cm³/mol. The molecule has 96 valence electrons. The number of carbonyl (C=O) groups is 2. The number of unbranched alkanes of at least 4 members (excludes halogenated alkanes) is 2. The lowest BCUT2D eigenvalue weighted by Gasteiger charge is -2.19. The SMILES string of the molecule is C=CCCCCN(C)C(=O)N[C@H]1CCOC1=O. The summed E-state index contributed by atoms with van der Waals surface area (Å²) < 4.78 is 4.78. The number of rotatable bonds is 6. The molecule has 1 N–H and O–H groups in total. The number of hydrogen-bond donors (Lipinski definition) is 1. The predicted octanol–water partition coefficient (Wildman–Crippen LogP) is 1.30. The number of allylic oxidation sites excluding steroid dienone is 1. The Balaban J connectivity index is 2.21. The second-order valence-electron chi connectivity index (χ2n) is 4.16. The summed E-state index contributed by atoms with van der Waals surface area (Å²) in [5.41, 5.74) is 0. The van der Waals surface area contributed by atoms with Gasteiger partial charge in [0.25, 0.3) is 0 Å². The van der Waals surface area contributed by atoms with E-state index in [9.17, 15) is 9.59 Å². The van der Waals surface area contributed by atoms with E-state index >= 15 is 0 Å². The number of carbonyl (C=O) groups excluding carboxylic acids is 2. The van der Waals surface area contributed by atoms with Crippen LogP contribution >= 0.6 is 0 Å². The van der Waals surface area contributed by atoms with Crippen molar-refractivity contribution in [3.8, 4) is 0 Å². The molecule has 1 aliphatic rings. The van der Waals surface area contributed by atoms with Gasteiger partial charge >= 0.3 is 12.0 Å². The molecule has 1 atom stereocenters. The van der Waals surface area contributed by atoms with E-state index in [2.05, 4.69) is 11.9 Å². The first-order valence-electron chi connectivity index (χ1n) is 5.94. The van der Waals surface area contributed by atoms with Crippen molar-refractivity contribution >= 4 is 12.0 Å². The highest BCUT2D eigenvalue weighted by atomic mass is 16.5. The summed E-state index contributed by atoms with van der Waals surface area (Å²) in [7, 11) is 1.73. The molecular weight excluding hydrogens is 220 g/mol. The van der Waals surface area contributed by atoms with Gasteiger partial charge in [-0.2, -0.15) is 0 Å². The Bertz CT molecular complexity index is 291. The number of ether oxygens (including phenoxy) is 1. The maximum Gasteiger partial charge on any atom is 0.328 e. The van der Waals surface area contributed by atoms with Gasteiger partial charge < -0.3 is 15.0 Å². The van der Waals surface area contributed by atoms with Gasteiger partial charge in [0.2, 0.25) is 0 Å². The van der Waals surface area contributed by atoms with Crippen molar-refractivity contribution in [3.05, 3.63) is 12.7 Å². The average Bonchev–Trinajstić information content (AvgIpc) is 2.70. The van der Waals surface area contributed by atoms with Crippen LogP contribution in [-0.2, 0) is 9.53 Å². The van der Waals surface area contributed by atoms with E-state index in [1.165, 1.54) is 0 Å². The van der Waals surface area contributed by atoms with Crippen LogP contribution in [-0.4, -0.2) is 43.1 Å². The largest absolute Gasteiger partial charge is 0.464 e. The van der Waals surface area contributed by atoms with Gasteiger partial charge in [0, 0.05) is 20.0 Å². The van der Waals surface area contributed by atoms with Crippen LogP contribution in [0, 0.1) is 0 Å². The van der Waals surface area contributed by atoms with Gasteiger partial charge in [-0.1, -0.05) is 6.08 Å². The Morgan fingerprint density at radius 1 is 1.65 bits per heavy atom. The highest BCUT2D eigenvalue weighted by Gasteiger charge is 2.28. The number of nitrogens with one attached hydrogen (secondary N) is 1. The van der Waals surface area contributed by atoms with Crippen molar-refractivity contribution in [3.63, 3.8) is 0 Å². The Morgan fingerprint density at radius 2 is 2.41 bits per heavy atom. The van der Waals surface area contributed by atoms with Gasteiger partial charge in [0.05, 0.1) is 6.61 Å². The molecule has 0 bridgehead atoms. The highest BCUT2D eigenvalue weighted by Crippen LogP contribution is 2.06. The van der Waals surface area contributed by atoms with E-state index in [0.717, 1.165) is 19.3 Å². The van der Waals surface area contributed by atoms with Crippen molar-refractivity contribution in [2.45, 2.75) is 31.7 Å². The molecule has 5 heteroatoms. The third-order valence-electron chi connectivity index (χ3n) is 2.73. The fourth-order valence-electron chi connectivity index (χ4n) is 1.63. The lowest BCUT2D eigenvalue weighted by atomic mass is 10.2. The molecule has 0 aromatic rings. The number of urea groups is 1. The molecule has 1 saturated heterocycles. The third-order valence-corrected chi connectivity index (χ3v) is 2.73. The van der Waals surface area contributed by atoms with E-state index in [4.69, 9.17) is 4.74 Å². The number of amides is 2. The molecule has 0 aromatic heterocycles. The lowest BCUT2D eigenvalue weighted by Crippen LogP contribution is -2.45. The maximum atomic E-state index is 11.7. The first-order valence-corrected chi connectivity index (χ1v) is 5.94. The summed E-state index contributed by atoms with van der Waals surface area (Å²) in [6, 6.07) is -0.689. The van der Waals surface area contributed by atoms with Crippen LogP contribution in [0.3, 0.4) is 0 Å². The summed E-state index contributed by atoms with van der Waals surface area (Å²) in [6.45, 7) is 4.72. The minimum Gasteiger partial charge on any atom is -0.464 e. The zero-order valence-corrected chi connectivity index (χ0v) is 10.3. The topological polar surface area (TPSA) is 58.6 Å². The third kappa shape index (κ3) is 4.46. The fraction of sp³-hybridized carbons (Fsp3) is 0.667. The molecule has 0 radical (unpaired) electrons.